The summed E-state index contributed by atoms with van der Waals surface area (Å²) in [5.41, 5.74) is 0.103. The monoisotopic (exact) mass is 444 g/mol. The van der Waals surface area contributed by atoms with Gasteiger partial charge in [-0.05, 0) is 73.8 Å². The second-order valence-corrected chi connectivity index (χ2v) is 8.73. The number of nitrogens with zero attached hydrogens (tertiary/aromatic N) is 2. The second kappa shape index (κ2) is 9.41. The van der Waals surface area contributed by atoms with E-state index in [-0.39, 0.29) is 29.9 Å². The van der Waals surface area contributed by atoms with E-state index in [0.29, 0.717) is 19.0 Å². The molecule has 4 nitrogen and oxygen atoms in total. The van der Waals surface area contributed by atoms with Gasteiger partial charge >= 0.3 is 6.18 Å². The van der Waals surface area contributed by atoms with E-state index >= 15 is 0 Å². The summed E-state index contributed by atoms with van der Waals surface area (Å²) in [4.78, 5) is 1.75. The summed E-state index contributed by atoms with van der Waals surface area (Å²) in [6, 6.07) is 13.9. The average Bonchev–Trinajstić information content (AvgIpc) is 2.77. The number of aliphatic hydroxyl groups excluding tert-OH is 1. The zero-order valence-electron chi connectivity index (χ0n) is 17.8. The van der Waals surface area contributed by atoms with Crippen LogP contribution >= 0.6 is 0 Å². The highest BCUT2D eigenvalue weighted by Crippen LogP contribution is 2.41. The normalized spacial score (nSPS) is 21.7. The highest BCUT2D eigenvalue weighted by molar-refractivity contribution is 5.61. The molecule has 1 heterocycles. The molecular weight excluding hydrogens is 417 g/mol. The third-order valence-corrected chi connectivity index (χ3v) is 6.67. The largest absolute Gasteiger partial charge is 0.490 e. The van der Waals surface area contributed by atoms with Crippen LogP contribution in [0.5, 0.6) is 5.75 Å². The van der Waals surface area contributed by atoms with Crippen LogP contribution in [0.4, 0.5) is 18.9 Å². The first-order valence-electron chi connectivity index (χ1n) is 11.1. The molecule has 0 atom stereocenters. The number of halogens is 3. The summed E-state index contributed by atoms with van der Waals surface area (Å²) in [5, 5.41) is 18.1. The van der Waals surface area contributed by atoms with Gasteiger partial charge in [0.1, 0.15) is 5.75 Å². The lowest BCUT2D eigenvalue weighted by Crippen LogP contribution is -2.34. The molecule has 1 aliphatic heterocycles. The molecule has 0 bridgehead atoms. The average molecular weight is 444 g/mol. The van der Waals surface area contributed by atoms with Crippen molar-refractivity contribution < 1.29 is 23.0 Å². The van der Waals surface area contributed by atoms with Gasteiger partial charge in [-0.15, -0.1) is 0 Å². The number of anilines is 1. The van der Waals surface area contributed by atoms with Crippen LogP contribution in [0.25, 0.3) is 0 Å². The first kappa shape index (κ1) is 22.5. The highest BCUT2D eigenvalue weighted by atomic mass is 19.4. The topological polar surface area (TPSA) is 56.5 Å². The maximum Gasteiger partial charge on any atom is 0.419 e. The Bertz CT molecular complexity index is 955. The van der Waals surface area contributed by atoms with E-state index in [9.17, 15) is 13.2 Å². The van der Waals surface area contributed by atoms with Gasteiger partial charge in [-0.3, -0.25) is 0 Å². The first-order chi connectivity index (χ1) is 15.4. The molecule has 4 rings (SSSR count). The Labute approximate surface area is 186 Å². The van der Waals surface area contributed by atoms with Gasteiger partial charge in [0.25, 0.3) is 0 Å². The third-order valence-electron chi connectivity index (χ3n) is 6.67. The minimum absolute atomic E-state index is 0.0961. The molecular formula is C25H27F3N2O2. The van der Waals surface area contributed by atoms with Gasteiger partial charge < -0.3 is 14.7 Å². The van der Waals surface area contributed by atoms with Gasteiger partial charge in [-0.1, -0.05) is 18.2 Å². The van der Waals surface area contributed by atoms with E-state index in [4.69, 9.17) is 15.1 Å². The van der Waals surface area contributed by atoms with Crippen molar-refractivity contribution in [3.05, 3.63) is 59.2 Å². The molecule has 7 heteroatoms. The molecule has 170 valence electrons. The van der Waals surface area contributed by atoms with Crippen LogP contribution in [-0.4, -0.2) is 30.9 Å². The number of aliphatic hydroxyl groups is 1. The van der Waals surface area contributed by atoms with Gasteiger partial charge in [-0.25, -0.2) is 0 Å². The smallest absolute Gasteiger partial charge is 0.419 e. The van der Waals surface area contributed by atoms with Gasteiger partial charge in [0, 0.05) is 19.7 Å². The lowest BCUT2D eigenvalue weighted by molar-refractivity contribution is -0.137. The van der Waals surface area contributed by atoms with Crippen LogP contribution < -0.4 is 9.64 Å². The minimum atomic E-state index is -4.56. The molecule has 32 heavy (non-hydrogen) atoms. The maximum absolute atomic E-state index is 13.6. The zero-order chi connectivity index (χ0) is 22.7. The predicted molar refractivity (Wildman–Crippen MR) is 116 cm³/mol. The molecule has 2 aromatic carbocycles. The van der Waals surface area contributed by atoms with E-state index < -0.39 is 11.7 Å². The summed E-state index contributed by atoms with van der Waals surface area (Å²) in [7, 11) is 0. The van der Waals surface area contributed by atoms with Crippen LogP contribution in [0, 0.1) is 17.2 Å². The molecule has 0 unspecified atom stereocenters. The summed E-state index contributed by atoms with van der Waals surface area (Å²) in [6.45, 7) is 1.25. The summed E-state index contributed by atoms with van der Waals surface area (Å²) in [6.07, 6.45) is -0.0519. The van der Waals surface area contributed by atoms with Crippen LogP contribution in [0.15, 0.2) is 42.5 Å². The Balaban J connectivity index is 1.36. The zero-order valence-corrected chi connectivity index (χ0v) is 17.8. The van der Waals surface area contributed by atoms with Crippen LogP contribution in [0.2, 0.25) is 0 Å². The van der Waals surface area contributed by atoms with E-state index in [1.807, 2.05) is 12.1 Å². The minimum Gasteiger partial charge on any atom is -0.490 e. The standard InChI is InChI=1S/C25H27F3N2O2/c26-25(27,28)24-20(16-29)2-1-3-23(24)30-11-8-19(9-12-30)18-4-6-21(7-5-18)32-22-14-17(15-22)10-13-31/h1-7,17,19,22,31H,8-15H2. The fraction of sp³-hybridized carbons (Fsp3) is 0.480. The van der Waals surface area contributed by atoms with Crippen LogP contribution in [0.1, 0.15) is 54.7 Å². The summed E-state index contributed by atoms with van der Waals surface area (Å²) >= 11 is 0. The molecule has 1 aliphatic carbocycles. The molecule has 2 aliphatic rings. The van der Waals surface area contributed by atoms with Crippen LogP contribution in [0.3, 0.4) is 0 Å². The number of ether oxygens (including phenoxy) is 1. The number of piperidine rings is 1. The first-order valence-corrected chi connectivity index (χ1v) is 11.1. The van der Waals surface area contributed by atoms with E-state index in [2.05, 4.69) is 12.1 Å². The maximum atomic E-state index is 13.6. The van der Waals surface area contributed by atoms with E-state index in [0.717, 1.165) is 37.9 Å². The van der Waals surface area contributed by atoms with Crippen molar-refractivity contribution in [1.29, 1.82) is 5.26 Å². The molecule has 0 radical (unpaired) electrons. The van der Waals surface area contributed by atoms with Crippen molar-refractivity contribution in [1.82, 2.24) is 0 Å². The molecule has 1 saturated heterocycles. The lowest BCUT2D eigenvalue weighted by Gasteiger charge is -2.36. The lowest BCUT2D eigenvalue weighted by atomic mass is 9.80. The molecule has 0 spiro atoms. The van der Waals surface area contributed by atoms with Crippen molar-refractivity contribution in [2.45, 2.75) is 50.3 Å². The summed E-state index contributed by atoms with van der Waals surface area (Å²) in [5.74, 6) is 1.68. The molecule has 1 N–H and O–H groups in total. The van der Waals surface area contributed by atoms with Crippen LogP contribution in [-0.2, 0) is 6.18 Å². The molecule has 0 amide bonds. The van der Waals surface area contributed by atoms with E-state index in [1.54, 1.807) is 11.0 Å². The number of benzene rings is 2. The van der Waals surface area contributed by atoms with E-state index in [1.165, 1.54) is 23.8 Å². The highest BCUT2D eigenvalue weighted by Gasteiger charge is 2.38. The Kier molecular flexibility index (Phi) is 6.61. The summed E-state index contributed by atoms with van der Waals surface area (Å²) < 4.78 is 46.8. The van der Waals surface area contributed by atoms with Crippen molar-refractivity contribution in [2.24, 2.45) is 5.92 Å². The molecule has 0 aromatic heterocycles. The van der Waals surface area contributed by atoms with Crippen molar-refractivity contribution in [2.75, 3.05) is 24.6 Å². The fourth-order valence-corrected chi connectivity index (χ4v) is 4.85. The Hall–Kier alpha value is -2.72. The predicted octanol–water partition coefficient (Wildman–Crippen LogP) is 5.50. The Morgan fingerprint density at radius 2 is 1.75 bits per heavy atom. The third kappa shape index (κ3) is 4.86. The fourth-order valence-electron chi connectivity index (χ4n) is 4.85. The van der Waals surface area contributed by atoms with Crippen molar-refractivity contribution >= 4 is 5.69 Å². The molecule has 1 saturated carbocycles. The molecule has 2 fully saturated rings. The quantitative estimate of drug-likeness (QED) is 0.639. The Morgan fingerprint density at radius 3 is 2.34 bits per heavy atom. The number of hydrogen-bond donors (Lipinski definition) is 1. The van der Waals surface area contributed by atoms with Gasteiger partial charge in [-0.2, -0.15) is 18.4 Å². The van der Waals surface area contributed by atoms with Crippen molar-refractivity contribution in [3.8, 4) is 11.8 Å². The van der Waals surface area contributed by atoms with Gasteiger partial charge in [0.2, 0.25) is 0 Å². The Morgan fingerprint density at radius 1 is 1.06 bits per heavy atom. The van der Waals surface area contributed by atoms with Crippen molar-refractivity contribution in [3.63, 3.8) is 0 Å². The van der Waals surface area contributed by atoms with Gasteiger partial charge in [0.15, 0.2) is 0 Å². The number of hydrogen-bond acceptors (Lipinski definition) is 4. The number of nitriles is 1. The SMILES string of the molecule is N#Cc1cccc(N2CCC(c3ccc(OC4CC(CCO)C4)cc3)CC2)c1C(F)(F)F. The second-order valence-electron chi connectivity index (χ2n) is 8.73. The number of alkyl halides is 3. The van der Waals surface area contributed by atoms with Gasteiger partial charge in [0.05, 0.1) is 29.0 Å². The number of rotatable bonds is 6. The molecule has 2 aromatic rings.